The second kappa shape index (κ2) is 7.12. The standard InChI is InChI=1S/C13H15Cl3N2OS/c1-18(20-12-4-2-3-10(12)15)13(19)17-8-5-6-9(14)11(16)7-8/h5-7,10,12H,2-4H2,1H3,(H,17,19). The predicted molar refractivity (Wildman–Crippen MR) is 88.1 cm³/mol. The van der Waals surface area contributed by atoms with Crippen LogP contribution >= 0.6 is 46.8 Å². The van der Waals surface area contributed by atoms with E-state index in [9.17, 15) is 4.79 Å². The van der Waals surface area contributed by atoms with E-state index in [1.54, 1.807) is 29.6 Å². The number of hydrogen-bond acceptors (Lipinski definition) is 2. The zero-order valence-corrected chi connectivity index (χ0v) is 14.0. The molecule has 1 fully saturated rings. The van der Waals surface area contributed by atoms with Crippen LogP contribution in [0.25, 0.3) is 0 Å². The molecule has 1 saturated carbocycles. The summed E-state index contributed by atoms with van der Waals surface area (Å²) >= 11 is 19.4. The fourth-order valence-electron chi connectivity index (χ4n) is 2.03. The number of nitrogens with one attached hydrogen (secondary N) is 1. The lowest BCUT2D eigenvalue weighted by molar-refractivity contribution is 0.243. The van der Waals surface area contributed by atoms with Crippen molar-refractivity contribution >= 4 is 58.5 Å². The number of carbonyl (C=O) groups excluding carboxylic acids is 1. The largest absolute Gasteiger partial charge is 0.331 e. The van der Waals surface area contributed by atoms with Crippen LogP contribution in [0.4, 0.5) is 10.5 Å². The highest BCUT2D eigenvalue weighted by molar-refractivity contribution is 7.98. The Morgan fingerprint density at radius 1 is 1.35 bits per heavy atom. The summed E-state index contributed by atoms with van der Waals surface area (Å²) in [6, 6.07) is 4.78. The molecule has 0 heterocycles. The molecule has 1 aliphatic carbocycles. The third-order valence-corrected chi connectivity index (χ3v) is 5.85. The van der Waals surface area contributed by atoms with Crippen molar-refractivity contribution in [2.75, 3.05) is 12.4 Å². The van der Waals surface area contributed by atoms with Crippen LogP contribution in [0.15, 0.2) is 18.2 Å². The molecule has 20 heavy (non-hydrogen) atoms. The lowest BCUT2D eigenvalue weighted by Crippen LogP contribution is -2.29. The van der Waals surface area contributed by atoms with Gasteiger partial charge in [0.15, 0.2) is 0 Å². The van der Waals surface area contributed by atoms with Gasteiger partial charge in [0.05, 0.1) is 10.0 Å². The number of nitrogens with zero attached hydrogens (tertiary/aromatic N) is 1. The van der Waals surface area contributed by atoms with Gasteiger partial charge in [0.25, 0.3) is 0 Å². The number of alkyl halides is 1. The SMILES string of the molecule is CN(SC1CCCC1Cl)C(=O)Nc1ccc(Cl)c(Cl)c1. The second-order valence-corrected chi connectivity index (χ2v) is 7.39. The molecule has 1 aromatic carbocycles. The van der Waals surface area contributed by atoms with E-state index in [0.717, 1.165) is 19.3 Å². The van der Waals surface area contributed by atoms with E-state index in [1.807, 2.05) is 0 Å². The molecule has 2 amide bonds. The third-order valence-electron chi connectivity index (χ3n) is 3.12. The number of carbonyl (C=O) groups is 1. The number of anilines is 1. The minimum atomic E-state index is -0.204. The van der Waals surface area contributed by atoms with Crippen LogP contribution in [-0.4, -0.2) is 28.0 Å². The van der Waals surface area contributed by atoms with E-state index in [4.69, 9.17) is 34.8 Å². The highest BCUT2D eigenvalue weighted by Crippen LogP contribution is 2.35. The summed E-state index contributed by atoms with van der Waals surface area (Å²) in [7, 11) is 1.74. The first-order chi connectivity index (χ1) is 9.47. The molecular formula is C13H15Cl3N2OS. The molecule has 1 N–H and O–H groups in total. The van der Waals surface area contributed by atoms with Crippen molar-refractivity contribution in [2.45, 2.75) is 29.9 Å². The van der Waals surface area contributed by atoms with Crippen molar-refractivity contribution in [1.29, 1.82) is 0 Å². The monoisotopic (exact) mass is 352 g/mol. The van der Waals surface area contributed by atoms with Gasteiger partial charge in [0.1, 0.15) is 0 Å². The number of benzene rings is 1. The average molecular weight is 354 g/mol. The van der Waals surface area contributed by atoms with Crippen molar-refractivity contribution in [1.82, 2.24) is 4.31 Å². The Kier molecular flexibility index (Phi) is 5.73. The Bertz CT molecular complexity index is 501. The molecule has 0 bridgehead atoms. The fourth-order valence-corrected chi connectivity index (χ4v) is 3.83. The molecule has 0 aliphatic heterocycles. The molecule has 110 valence electrons. The van der Waals surface area contributed by atoms with Gasteiger partial charge in [-0.25, -0.2) is 4.79 Å². The molecule has 7 heteroatoms. The first kappa shape index (κ1) is 16.1. The van der Waals surface area contributed by atoms with Crippen molar-refractivity contribution < 1.29 is 4.79 Å². The number of amides is 2. The quantitative estimate of drug-likeness (QED) is 0.593. The predicted octanol–water partition coefficient (Wildman–Crippen LogP) is 5.27. The Morgan fingerprint density at radius 2 is 2.10 bits per heavy atom. The van der Waals surface area contributed by atoms with Crippen LogP contribution in [0.2, 0.25) is 10.0 Å². The van der Waals surface area contributed by atoms with Gasteiger partial charge in [-0.2, -0.15) is 0 Å². The topological polar surface area (TPSA) is 32.3 Å². The van der Waals surface area contributed by atoms with Crippen LogP contribution in [0.3, 0.4) is 0 Å². The zero-order chi connectivity index (χ0) is 14.7. The third kappa shape index (κ3) is 4.10. The van der Waals surface area contributed by atoms with Gasteiger partial charge >= 0.3 is 6.03 Å². The van der Waals surface area contributed by atoms with Crippen molar-refractivity contribution in [3.63, 3.8) is 0 Å². The summed E-state index contributed by atoms with van der Waals surface area (Å²) in [6.45, 7) is 0. The van der Waals surface area contributed by atoms with Crippen LogP contribution in [0, 0.1) is 0 Å². The molecule has 0 spiro atoms. The summed E-state index contributed by atoms with van der Waals surface area (Å²) in [5, 5.41) is 4.09. The second-order valence-electron chi connectivity index (χ2n) is 4.65. The van der Waals surface area contributed by atoms with Crippen LogP contribution < -0.4 is 5.32 Å². The number of urea groups is 1. The summed E-state index contributed by atoms with van der Waals surface area (Å²) < 4.78 is 1.58. The van der Waals surface area contributed by atoms with Gasteiger partial charge in [0, 0.05) is 23.4 Å². The van der Waals surface area contributed by atoms with Crippen molar-refractivity contribution in [2.24, 2.45) is 0 Å². The first-order valence-electron chi connectivity index (χ1n) is 6.28. The maximum Gasteiger partial charge on any atom is 0.331 e. The molecule has 2 unspecified atom stereocenters. The summed E-state index contributed by atoms with van der Waals surface area (Å²) in [5.74, 6) is 0. The summed E-state index contributed by atoms with van der Waals surface area (Å²) in [5.41, 5.74) is 0.616. The Hall–Kier alpha value is -0.290. The van der Waals surface area contributed by atoms with E-state index in [2.05, 4.69) is 5.32 Å². The smallest absolute Gasteiger partial charge is 0.307 e. The van der Waals surface area contributed by atoms with Gasteiger partial charge in [0.2, 0.25) is 0 Å². The minimum Gasteiger partial charge on any atom is -0.307 e. The van der Waals surface area contributed by atoms with Gasteiger partial charge in [-0.1, -0.05) is 29.6 Å². The van der Waals surface area contributed by atoms with Gasteiger partial charge < -0.3 is 5.32 Å². The molecule has 0 aromatic heterocycles. The van der Waals surface area contributed by atoms with Gasteiger partial charge in [-0.05, 0) is 43.0 Å². The minimum absolute atomic E-state index is 0.139. The fraction of sp³-hybridized carbons (Fsp3) is 0.462. The molecule has 0 radical (unpaired) electrons. The molecule has 2 atom stereocenters. The Labute approximate surface area is 138 Å². The first-order valence-corrected chi connectivity index (χ1v) is 8.31. The lowest BCUT2D eigenvalue weighted by atomic mass is 10.3. The van der Waals surface area contributed by atoms with E-state index in [1.165, 1.54) is 11.9 Å². The molecule has 0 saturated heterocycles. The Morgan fingerprint density at radius 3 is 2.70 bits per heavy atom. The maximum atomic E-state index is 12.1. The van der Waals surface area contributed by atoms with E-state index in [0.29, 0.717) is 21.0 Å². The molecule has 3 nitrogen and oxygen atoms in total. The zero-order valence-electron chi connectivity index (χ0n) is 10.9. The van der Waals surface area contributed by atoms with E-state index >= 15 is 0 Å². The molecule has 1 aromatic rings. The van der Waals surface area contributed by atoms with Gasteiger partial charge in [-0.15, -0.1) is 11.6 Å². The van der Waals surface area contributed by atoms with Crippen LogP contribution in [0.5, 0.6) is 0 Å². The number of hydrogen-bond donors (Lipinski definition) is 1. The summed E-state index contributed by atoms with van der Waals surface area (Å²) in [4.78, 5) is 12.1. The lowest BCUT2D eigenvalue weighted by Gasteiger charge is -2.22. The highest BCUT2D eigenvalue weighted by atomic mass is 35.5. The molecule has 1 aliphatic rings. The van der Waals surface area contributed by atoms with Crippen molar-refractivity contribution in [3.8, 4) is 0 Å². The highest BCUT2D eigenvalue weighted by Gasteiger charge is 2.28. The van der Waals surface area contributed by atoms with E-state index < -0.39 is 0 Å². The Balaban J connectivity index is 1.91. The number of rotatable bonds is 3. The number of halogens is 3. The molecular weight excluding hydrogens is 339 g/mol. The van der Waals surface area contributed by atoms with Crippen molar-refractivity contribution in [3.05, 3.63) is 28.2 Å². The summed E-state index contributed by atoms with van der Waals surface area (Å²) in [6.07, 6.45) is 3.18. The van der Waals surface area contributed by atoms with Crippen LogP contribution in [-0.2, 0) is 0 Å². The molecule has 2 rings (SSSR count). The van der Waals surface area contributed by atoms with E-state index in [-0.39, 0.29) is 11.4 Å². The normalized spacial score (nSPS) is 21.8. The van der Waals surface area contributed by atoms with Crippen LogP contribution in [0.1, 0.15) is 19.3 Å². The average Bonchev–Trinajstić information content (AvgIpc) is 2.79. The van der Waals surface area contributed by atoms with Gasteiger partial charge in [-0.3, -0.25) is 4.31 Å². The maximum absolute atomic E-state index is 12.1.